The van der Waals surface area contributed by atoms with E-state index in [-0.39, 0.29) is 11.9 Å². The Kier molecular flexibility index (Phi) is 6.01. The van der Waals surface area contributed by atoms with Crippen molar-refractivity contribution in [2.75, 3.05) is 5.88 Å². The highest BCUT2D eigenvalue weighted by molar-refractivity contribution is 6.17. The fourth-order valence-corrected chi connectivity index (χ4v) is 1.59. The molecule has 0 fully saturated rings. The Bertz CT molecular complexity index is 298. The normalized spacial score (nSPS) is 12.4. The highest BCUT2D eigenvalue weighted by Crippen LogP contribution is 2.06. The number of rotatable bonds is 7. The molecule has 1 rings (SSSR count). The molecule has 0 saturated heterocycles. The van der Waals surface area contributed by atoms with E-state index in [1.54, 1.807) is 6.26 Å². The minimum atomic E-state index is 0.0765. The van der Waals surface area contributed by atoms with E-state index >= 15 is 0 Å². The summed E-state index contributed by atoms with van der Waals surface area (Å²) in [5.74, 6) is 1.57. The molecule has 0 bridgehead atoms. The zero-order valence-corrected chi connectivity index (χ0v) is 10.3. The van der Waals surface area contributed by atoms with E-state index in [9.17, 15) is 4.79 Å². The van der Waals surface area contributed by atoms with Gasteiger partial charge in [0.1, 0.15) is 5.76 Å². The van der Waals surface area contributed by atoms with E-state index in [1.807, 2.05) is 19.1 Å². The number of nitrogens with one attached hydrogen (secondary N) is 1. The van der Waals surface area contributed by atoms with Crippen LogP contribution in [0.5, 0.6) is 0 Å². The van der Waals surface area contributed by atoms with Crippen molar-refractivity contribution in [2.24, 2.45) is 0 Å². The number of carbonyl (C=O) groups excluding carboxylic acids is 1. The number of halogens is 1. The van der Waals surface area contributed by atoms with Gasteiger partial charge in [0.25, 0.3) is 0 Å². The van der Waals surface area contributed by atoms with Crippen LogP contribution in [-0.2, 0) is 11.2 Å². The van der Waals surface area contributed by atoms with Crippen molar-refractivity contribution in [3.05, 3.63) is 24.2 Å². The SMILES string of the molecule is CC(CCc1ccco1)NC(=O)CCCCl. The van der Waals surface area contributed by atoms with Gasteiger partial charge in [-0.05, 0) is 31.9 Å². The molecule has 0 radical (unpaired) electrons. The van der Waals surface area contributed by atoms with Gasteiger partial charge in [0, 0.05) is 24.8 Å². The first kappa shape index (κ1) is 13.1. The van der Waals surface area contributed by atoms with E-state index in [0.717, 1.165) is 25.0 Å². The average molecular weight is 244 g/mol. The first-order valence-corrected chi connectivity index (χ1v) is 6.13. The standard InChI is InChI=1S/C12H18ClNO2/c1-10(14-12(15)5-2-8-13)6-7-11-4-3-9-16-11/h3-4,9-10H,2,5-8H2,1H3,(H,14,15). The first-order chi connectivity index (χ1) is 7.72. The molecule has 4 heteroatoms. The lowest BCUT2D eigenvalue weighted by Crippen LogP contribution is -2.32. The van der Waals surface area contributed by atoms with E-state index in [2.05, 4.69) is 5.32 Å². The first-order valence-electron chi connectivity index (χ1n) is 5.60. The van der Waals surface area contributed by atoms with Crippen LogP contribution in [0.2, 0.25) is 0 Å². The minimum absolute atomic E-state index is 0.0765. The van der Waals surface area contributed by atoms with Crippen molar-refractivity contribution in [3.63, 3.8) is 0 Å². The van der Waals surface area contributed by atoms with Gasteiger partial charge in [-0.25, -0.2) is 0 Å². The molecule has 0 spiro atoms. The quantitative estimate of drug-likeness (QED) is 0.749. The van der Waals surface area contributed by atoms with Crippen LogP contribution in [0.15, 0.2) is 22.8 Å². The molecule has 0 aliphatic carbocycles. The van der Waals surface area contributed by atoms with Gasteiger partial charge in [0.15, 0.2) is 0 Å². The second-order valence-electron chi connectivity index (χ2n) is 3.88. The van der Waals surface area contributed by atoms with Crippen molar-refractivity contribution >= 4 is 17.5 Å². The molecule has 0 aliphatic heterocycles. The third-order valence-corrected chi connectivity index (χ3v) is 2.62. The molecule has 1 amide bonds. The molecular weight excluding hydrogens is 226 g/mol. The van der Waals surface area contributed by atoms with Crippen LogP contribution in [0.25, 0.3) is 0 Å². The number of aryl methyl sites for hydroxylation is 1. The van der Waals surface area contributed by atoms with Gasteiger partial charge < -0.3 is 9.73 Å². The van der Waals surface area contributed by atoms with Crippen LogP contribution >= 0.6 is 11.6 Å². The Hall–Kier alpha value is -0.960. The van der Waals surface area contributed by atoms with Gasteiger partial charge >= 0.3 is 0 Å². The second kappa shape index (κ2) is 7.34. The number of furan rings is 1. The predicted molar refractivity (Wildman–Crippen MR) is 64.6 cm³/mol. The molecule has 1 aromatic rings. The van der Waals surface area contributed by atoms with Gasteiger partial charge in [-0.15, -0.1) is 11.6 Å². The summed E-state index contributed by atoms with van der Waals surface area (Å²) < 4.78 is 5.22. The van der Waals surface area contributed by atoms with Gasteiger partial charge in [-0.1, -0.05) is 0 Å². The lowest BCUT2D eigenvalue weighted by molar-refractivity contribution is -0.121. The number of amides is 1. The molecule has 1 heterocycles. The van der Waals surface area contributed by atoms with Crippen LogP contribution in [-0.4, -0.2) is 17.8 Å². The van der Waals surface area contributed by atoms with E-state index in [0.29, 0.717) is 12.3 Å². The maximum Gasteiger partial charge on any atom is 0.220 e. The third kappa shape index (κ3) is 5.21. The van der Waals surface area contributed by atoms with Crippen LogP contribution in [0, 0.1) is 0 Å². The van der Waals surface area contributed by atoms with Crippen LogP contribution in [0.4, 0.5) is 0 Å². The van der Waals surface area contributed by atoms with Crippen LogP contribution in [0.1, 0.15) is 31.9 Å². The summed E-state index contributed by atoms with van der Waals surface area (Å²) in [6, 6.07) is 3.99. The molecule has 1 aromatic heterocycles. The lowest BCUT2D eigenvalue weighted by Gasteiger charge is -2.12. The van der Waals surface area contributed by atoms with Gasteiger partial charge in [0.05, 0.1) is 6.26 Å². The largest absolute Gasteiger partial charge is 0.469 e. The summed E-state index contributed by atoms with van der Waals surface area (Å²) in [7, 11) is 0. The topological polar surface area (TPSA) is 42.2 Å². The highest BCUT2D eigenvalue weighted by Gasteiger charge is 2.07. The van der Waals surface area contributed by atoms with Crippen molar-refractivity contribution in [3.8, 4) is 0 Å². The third-order valence-electron chi connectivity index (χ3n) is 2.35. The summed E-state index contributed by atoms with van der Waals surface area (Å²) in [6.07, 6.45) is 4.65. The monoisotopic (exact) mass is 243 g/mol. The summed E-state index contributed by atoms with van der Waals surface area (Å²) in [5.41, 5.74) is 0. The van der Waals surface area contributed by atoms with Crippen LogP contribution in [0.3, 0.4) is 0 Å². The molecule has 0 saturated carbocycles. The molecule has 1 atom stereocenters. The summed E-state index contributed by atoms with van der Waals surface area (Å²) >= 11 is 5.52. The van der Waals surface area contributed by atoms with Crippen molar-refractivity contribution in [1.29, 1.82) is 0 Å². The zero-order valence-electron chi connectivity index (χ0n) is 9.54. The highest BCUT2D eigenvalue weighted by atomic mass is 35.5. The number of alkyl halides is 1. The molecular formula is C12H18ClNO2. The fraction of sp³-hybridized carbons (Fsp3) is 0.583. The van der Waals surface area contributed by atoms with E-state index in [4.69, 9.17) is 16.0 Å². The summed E-state index contributed by atoms with van der Waals surface area (Å²) in [5, 5.41) is 2.94. The second-order valence-corrected chi connectivity index (χ2v) is 4.26. The molecule has 0 aliphatic rings. The van der Waals surface area contributed by atoms with E-state index in [1.165, 1.54) is 0 Å². The maximum atomic E-state index is 11.4. The molecule has 16 heavy (non-hydrogen) atoms. The fourth-order valence-electron chi connectivity index (χ4n) is 1.46. The number of hydrogen-bond donors (Lipinski definition) is 1. The summed E-state index contributed by atoms with van der Waals surface area (Å²) in [6.45, 7) is 2.00. The Morgan fingerprint density at radius 3 is 3.06 bits per heavy atom. The summed E-state index contributed by atoms with van der Waals surface area (Å²) in [4.78, 5) is 11.4. The van der Waals surface area contributed by atoms with E-state index < -0.39 is 0 Å². The minimum Gasteiger partial charge on any atom is -0.469 e. The molecule has 1 unspecified atom stereocenters. The van der Waals surface area contributed by atoms with Crippen molar-refractivity contribution in [2.45, 2.75) is 38.6 Å². The number of hydrogen-bond acceptors (Lipinski definition) is 2. The Morgan fingerprint density at radius 1 is 1.62 bits per heavy atom. The van der Waals surface area contributed by atoms with Gasteiger partial charge in [0.2, 0.25) is 5.91 Å². The average Bonchev–Trinajstić information content (AvgIpc) is 2.76. The van der Waals surface area contributed by atoms with Gasteiger partial charge in [-0.2, -0.15) is 0 Å². The molecule has 90 valence electrons. The smallest absolute Gasteiger partial charge is 0.220 e. The van der Waals surface area contributed by atoms with Crippen LogP contribution < -0.4 is 5.32 Å². The predicted octanol–water partition coefficient (Wildman–Crippen LogP) is 2.74. The Morgan fingerprint density at radius 2 is 2.44 bits per heavy atom. The Balaban J connectivity index is 2.15. The molecule has 3 nitrogen and oxygen atoms in total. The molecule has 0 aromatic carbocycles. The maximum absolute atomic E-state index is 11.4. The van der Waals surface area contributed by atoms with Crippen molar-refractivity contribution in [1.82, 2.24) is 5.32 Å². The Labute approximate surface area is 101 Å². The zero-order chi connectivity index (χ0) is 11.8. The van der Waals surface area contributed by atoms with Crippen molar-refractivity contribution < 1.29 is 9.21 Å². The van der Waals surface area contributed by atoms with Gasteiger partial charge in [-0.3, -0.25) is 4.79 Å². The molecule has 1 N–H and O–H groups in total. The number of carbonyl (C=O) groups is 1. The lowest BCUT2D eigenvalue weighted by atomic mass is 10.1.